The van der Waals surface area contributed by atoms with Crippen LogP contribution in [0.4, 0.5) is 4.39 Å². The lowest BCUT2D eigenvalue weighted by Crippen LogP contribution is -2.44. The maximum Gasteiger partial charge on any atom is 0.154 e. The summed E-state index contributed by atoms with van der Waals surface area (Å²) < 4.78 is 37.9. The van der Waals surface area contributed by atoms with Crippen LogP contribution < -0.4 is 5.73 Å². The molecule has 2 atom stereocenters. The van der Waals surface area contributed by atoms with Gasteiger partial charge in [0, 0.05) is 10.5 Å². The molecule has 0 bridgehead atoms. The molecule has 1 aliphatic rings. The van der Waals surface area contributed by atoms with Crippen molar-refractivity contribution in [1.29, 1.82) is 0 Å². The molecule has 6 heteroatoms. The smallest absolute Gasteiger partial charge is 0.154 e. The molecule has 2 N–H and O–H groups in total. The first-order valence-electron chi connectivity index (χ1n) is 6.30. The number of halogens is 2. The highest BCUT2D eigenvalue weighted by Crippen LogP contribution is 2.24. The Kier molecular flexibility index (Phi) is 4.63. The van der Waals surface area contributed by atoms with E-state index in [0.29, 0.717) is 17.3 Å². The van der Waals surface area contributed by atoms with Gasteiger partial charge >= 0.3 is 0 Å². The fourth-order valence-electron chi connectivity index (χ4n) is 2.59. The maximum absolute atomic E-state index is 13.3. The zero-order valence-corrected chi connectivity index (χ0v) is 12.9. The third-order valence-corrected chi connectivity index (χ3v) is 6.32. The lowest BCUT2D eigenvalue weighted by Gasteiger charge is -2.27. The van der Waals surface area contributed by atoms with Crippen LogP contribution in [0, 0.1) is 5.82 Å². The van der Waals surface area contributed by atoms with Crippen molar-refractivity contribution in [2.24, 2.45) is 5.73 Å². The van der Waals surface area contributed by atoms with E-state index in [1.54, 1.807) is 6.07 Å². The van der Waals surface area contributed by atoms with E-state index in [2.05, 4.69) is 15.9 Å². The Morgan fingerprint density at radius 3 is 2.74 bits per heavy atom. The molecule has 1 aliphatic heterocycles. The molecule has 2 rings (SSSR count). The topological polar surface area (TPSA) is 60.2 Å². The summed E-state index contributed by atoms with van der Waals surface area (Å²) in [5.74, 6) is -0.124. The lowest BCUT2D eigenvalue weighted by molar-refractivity contribution is 0.494. The second-order valence-corrected chi connectivity index (χ2v) is 8.30. The van der Waals surface area contributed by atoms with Crippen molar-refractivity contribution < 1.29 is 12.8 Å². The molecule has 3 nitrogen and oxygen atoms in total. The number of sulfone groups is 1. The van der Waals surface area contributed by atoms with E-state index in [0.717, 1.165) is 18.4 Å². The molecule has 0 spiro atoms. The van der Waals surface area contributed by atoms with Crippen molar-refractivity contribution >= 4 is 25.8 Å². The monoisotopic (exact) mass is 349 g/mol. The SMILES string of the molecule is NC(Cc1cc(F)cc(Br)c1)C1CCCCS1(=O)=O. The summed E-state index contributed by atoms with van der Waals surface area (Å²) >= 11 is 3.22. The molecule has 106 valence electrons. The third kappa shape index (κ3) is 3.77. The summed E-state index contributed by atoms with van der Waals surface area (Å²) in [4.78, 5) is 0. The van der Waals surface area contributed by atoms with Crippen molar-refractivity contribution in [3.63, 3.8) is 0 Å². The first-order chi connectivity index (χ1) is 8.88. The van der Waals surface area contributed by atoms with E-state index in [-0.39, 0.29) is 11.6 Å². The van der Waals surface area contributed by atoms with Crippen LogP contribution in [0.25, 0.3) is 0 Å². The molecule has 0 aliphatic carbocycles. The standard InChI is InChI=1S/C13H17BrFNO2S/c14-10-5-9(6-11(15)8-10)7-12(16)13-3-1-2-4-19(13,17)18/h5-6,8,12-13H,1-4,7,16H2. The summed E-state index contributed by atoms with van der Waals surface area (Å²) in [6.45, 7) is 0. The first kappa shape index (κ1) is 14.9. The summed E-state index contributed by atoms with van der Waals surface area (Å²) in [5.41, 5.74) is 6.76. The highest BCUT2D eigenvalue weighted by molar-refractivity contribution is 9.10. The normalized spacial score (nSPS) is 24.1. The first-order valence-corrected chi connectivity index (χ1v) is 8.81. The quantitative estimate of drug-likeness (QED) is 0.911. The number of hydrogen-bond donors (Lipinski definition) is 1. The van der Waals surface area contributed by atoms with Crippen LogP contribution in [0.5, 0.6) is 0 Å². The average molecular weight is 350 g/mol. The van der Waals surface area contributed by atoms with Gasteiger partial charge in [0.1, 0.15) is 5.82 Å². The van der Waals surface area contributed by atoms with E-state index in [9.17, 15) is 12.8 Å². The van der Waals surface area contributed by atoms with Crippen LogP contribution in [-0.2, 0) is 16.3 Å². The van der Waals surface area contributed by atoms with Crippen molar-refractivity contribution in [2.75, 3.05) is 5.75 Å². The lowest BCUT2D eigenvalue weighted by atomic mass is 10.0. The fourth-order valence-corrected chi connectivity index (χ4v) is 5.17. The molecule has 1 heterocycles. The van der Waals surface area contributed by atoms with Gasteiger partial charge in [-0.2, -0.15) is 0 Å². The predicted molar refractivity (Wildman–Crippen MR) is 77.2 cm³/mol. The van der Waals surface area contributed by atoms with Crippen molar-refractivity contribution in [3.05, 3.63) is 34.1 Å². The van der Waals surface area contributed by atoms with Crippen LogP contribution in [0.2, 0.25) is 0 Å². The molecular formula is C13H17BrFNO2S. The van der Waals surface area contributed by atoms with Gasteiger partial charge in [0.25, 0.3) is 0 Å². The second kappa shape index (κ2) is 5.89. The van der Waals surface area contributed by atoms with E-state index in [1.807, 2.05) is 0 Å². The molecule has 2 unspecified atom stereocenters. The predicted octanol–water partition coefficient (Wildman–Crippen LogP) is 2.43. The van der Waals surface area contributed by atoms with Crippen LogP contribution >= 0.6 is 15.9 Å². The maximum atomic E-state index is 13.3. The number of benzene rings is 1. The van der Waals surface area contributed by atoms with Gasteiger partial charge in [-0.1, -0.05) is 22.4 Å². The van der Waals surface area contributed by atoms with Crippen LogP contribution in [0.3, 0.4) is 0 Å². The van der Waals surface area contributed by atoms with Gasteiger partial charge in [-0.3, -0.25) is 0 Å². The van der Waals surface area contributed by atoms with Gasteiger partial charge in [0.2, 0.25) is 0 Å². The van der Waals surface area contributed by atoms with Gasteiger partial charge in [0.05, 0.1) is 11.0 Å². The Labute approximate surface area is 121 Å². The number of rotatable bonds is 3. The minimum absolute atomic E-state index is 0.220. The molecule has 1 aromatic rings. The molecule has 0 aromatic heterocycles. The Balaban J connectivity index is 2.14. The molecular weight excluding hydrogens is 333 g/mol. The van der Waals surface area contributed by atoms with Crippen LogP contribution in [0.15, 0.2) is 22.7 Å². The van der Waals surface area contributed by atoms with E-state index in [4.69, 9.17) is 5.73 Å². The molecule has 0 radical (unpaired) electrons. The van der Waals surface area contributed by atoms with Gasteiger partial charge in [-0.15, -0.1) is 0 Å². The molecule has 1 saturated heterocycles. The molecule has 1 aromatic carbocycles. The minimum atomic E-state index is -3.09. The highest BCUT2D eigenvalue weighted by Gasteiger charge is 2.33. The van der Waals surface area contributed by atoms with Gasteiger partial charge in [-0.25, -0.2) is 12.8 Å². The zero-order valence-electron chi connectivity index (χ0n) is 10.5. The molecule has 0 saturated carbocycles. The minimum Gasteiger partial charge on any atom is -0.326 e. The molecule has 1 fully saturated rings. The van der Waals surface area contributed by atoms with Crippen molar-refractivity contribution in [2.45, 2.75) is 37.0 Å². The Morgan fingerprint density at radius 2 is 2.11 bits per heavy atom. The van der Waals surface area contributed by atoms with E-state index in [1.165, 1.54) is 12.1 Å². The van der Waals surface area contributed by atoms with E-state index >= 15 is 0 Å². The molecule has 0 amide bonds. The summed E-state index contributed by atoms with van der Waals surface area (Å²) in [6.07, 6.45) is 2.60. The van der Waals surface area contributed by atoms with Crippen LogP contribution in [0.1, 0.15) is 24.8 Å². The van der Waals surface area contributed by atoms with Crippen LogP contribution in [-0.4, -0.2) is 25.5 Å². The summed E-state index contributed by atoms with van der Waals surface area (Å²) in [6, 6.07) is 4.07. The van der Waals surface area contributed by atoms with E-state index < -0.39 is 21.1 Å². The average Bonchev–Trinajstić information content (AvgIpc) is 2.26. The third-order valence-electron chi connectivity index (χ3n) is 3.50. The zero-order chi connectivity index (χ0) is 14.0. The summed E-state index contributed by atoms with van der Waals surface area (Å²) in [7, 11) is -3.09. The second-order valence-electron chi connectivity index (χ2n) is 5.05. The number of nitrogens with two attached hydrogens (primary N) is 1. The van der Waals surface area contributed by atoms with Crippen molar-refractivity contribution in [3.8, 4) is 0 Å². The van der Waals surface area contributed by atoms with Gasteiger partial charge < -0.3 is 5.73 Å². The number of hydrogen-bond acceptors (Lipinski definition) is 3. The Bertz CT molecular complexity index is 542. The van der Waals surface area contributed by atoms with Gasteiger partial charge in [-0.05, 0) is 43.0 Å². The summed E-state index contributed by atoms with van der Waals surface area (Å²) in [5, 5.41) is -0.497. The van der Waals surface area contributed by atoms with Gasteiger partial charge in [0.15, 0.2) is 9.84 Å². The fraction of sp³-hybridized carbons (Fsp3) is 0.538. The Hall–Kier alpha value is -0.460. The highest BCUT2D eigenvalue weighted by atomic mass is 79.9. The Morgan fingerprint density at radius 1 is 1.37 bits per heavy atom. The molecule has 19 heavy (non-hydrogen) atoms. The van der Waals surface area contributed by atoms with Crippen molar-refractivity contribution in [1.82, 2.24) is 0 Å². The largest absolute Gasteiger partial charge is 0.326 e.